The number of carbonyl (C=O) groups excluding carboxylic acids is 2. The van der Waals surface area contributed by atoms with E-state index in [0.29, 0.717) is 48.6 Å². The van der Waals surface area contributed by atoms with Crippen molar-refractivity contribution in [2.45, 2.75) is 25.0 Å². The van der Waals surface area contributed by atoms with E-state index >= 15 is 0 Å². The predicted octanol–water partition coefficient (Wildman–Crippen LogP) is 5.92. The molecule has 1 aromatic heterocycles. The molecule has 5 nitrogen and oxygen atoms in total. The highest BCUT2D eigenvalue weighted by atomic mass is 35.5. The Balaban J connectivity index is 1.28. The van der Waals surface area contributed by atoms with Crippen molar-refractivity contribution in [2.75, 3.05) is 13.1 Å². The van der Waals surface area contributed by atoms with Crippen LogP contribution in [0.4, 0.5) is 8.78 Å². The number of carbonyl (C=O) groups is 2. The van der Waals surface area contributed by atoms with E-state index in [1.807, 2.05) is 16.7 Å². The van der Waals surface area contributed by atoms with Gasteiger partial charge in [-0.1, -0.05) is 35.9 Å². The van der Waals surface area contributed by atoms with E-state index in [0.717, 1.165) is 16.5 Å². The van der Waals surface area contributed by atoms with Gasteiger partial charge in [-0.3, -0.25) is 4.79 Å². The quantitative estimate of drug-likeness (QED) is 0.324. The Labute approximate surface area is 210 Å². The lowest BCUT2D eigenvalue weighted by Crippen LogP contribution is -2.45. The van der Waals surface area contributed by atoms with Gasteiger partial charge in [-0.25, -0.2) is 13.6 Å². The molecular formula is C28H21ClF2N2O3. The van der Waals surface area contributed by atoms with Gasteiger partial charge in [0.1, 0.15) is 17.2 Å². The number of amides is 1. The normalized spacial score (nSPS) is 16.4. The van der Waals surface area contributed by atoms with Crippen LogP contribution in [-0.4, -0.2) is 34.4 Å². The van der Waals surface area contributed by atoms with Crippen molar-refractivity contribution in [3.63, 3.8) is 0 Å². The zero-order valence-electron chi connectivity index (χ0n) is 19.1. The summed E-state index contributed by atoms with van der Waals surface area (Å²) in [4.78, 5) is 27.8. The lowest BCUT2D eigenvalue weighted by Gasteiger charge is -2.38. The predicted molar refractivity (Wildman–Crippen MR) is 131 cm³/mol. The van der Waals surface area contributed by atoms with Crippen LogP contribution in [-0.2, 0) is 16.9 Å². The first-order valence-corrected chi connectivity index (χ1v) is 12.1. The molecule has 3 heterocycles. The lowest BCUT2D eigenvalue weighted by atomic mass is 9.83. The van der Waals surface area contributed by atoms with Crippen LogP contribution in [0.5, 0.6) is 0 Å². The Kier molecular flexibility index (Phi) is 5.34. The summed E-state index contributed by atoms with van der Waals surface area (Å²) in [5.41, 5.74) is 2.18. The molecule has 4 aromatic rings. The Bertz CT molecular complexity index is 1540. The highest BCUT2D eigenvalue weighted by molar-refractivity contribution is 6.31. The highest BCUT2D eigenvalue weighted by Crippen LogP contribution is 2.44. The second-order valence-electron chi connectivity index (χ2n) is 9.33. The average Bonchev–Trinajstić information content (AvgIpc) is 3.33. The lowest BCUT2D eigenvalue weighted by molar-refractivity contribution is -0.0389. The number of rotatable bonds is 3. The fraction of sp³-hybridized carbons (Fsp3) is 0.214. The Morgan fingerprint density at radius 1 is 1.00 bits per heavy atom. The number of fused-ring (bicyclic) bond motifs is 3. The standard InChI is InChI=1S/C28H21ClF2N2O3/c29-18-4-6-21-23(16-33(25(21)13-18)15-17-2-1-3-19(30)12-17)26(34)32-10-8-28(9-11-32)24-7-5-20(31)14-22(24)27(35)36-28/h1-7,12-14,16H,8-11,15H2. The Morgan fingerprint density at radius 2 is 1.78 bits per heavy atom. The first kappa shape index (κ1) is 22.7. The molecule has 0 radical (unpaired) electrons. The molecular weight excluding hydrogens is 486 g/mol. The van der Waals surface area contributed by atoms with Crippen molar-refractivity contribution in [3.8, 4) is 0 Å². The van der Waals surface area contributed by atoms with Crippen molar-refractivity contribution in [1.29, 1.82) is 0 Å². The molecule has 2 aliphatic heterocycles. The number of piperidine rings is 1. The zero-order valence-corrected chi connectivity index (χ0v) is 19.9. The minimum absolute atomic E-state index is 0.140. The van der Waals surface area contributed by atoms with E-state index in [2.05, 4.69) is 0 Å². The van der Waals surface area contributed by atoms with Gasteiger partial charge >= 0.3 is 5.97 Å². The minimum Gasteiger partial charge on any atom is -0.450 e. The van der Waals surface area contributed by atoms with Crippen LogP contribution in [0, 0.1) is 11.6 Å². The number of esters is 1. The maximum absolute atomic E-state index is 13.7. The number of hydrogen-bond donors (Lipinski definition) is 0. The molecule has 182 valence electrons. The molecule has 2 aliphatic rings. The van der Waals surface area contributed by atoms with E-state index in [9.17, 15) is 18.4 Å². The molecule has 0 atom stereocenters. The molecule has 0 bridgehead atoms. The molecule has 3 aromatic carbocycles. The molecule has 0 saturated carbocycles. The zero-order chi connectivity index (χ0) is 25.0. The molecule has 6 rings (SSSR count). The maximum Gasteiger partial charge on any atom is 0.339 e. The number of likely N-dealkylation sites (tertiary alicyclic amines) is 1. The van der Waals surface area contributed by atoms with Crippen molar-refractivity contribution in [1.82, 2.24) is 9.47 Å². The van der Waals surface area contributed by atoms with Gasteiger partial charge in [0, 0.05) is 54.6 Å². The topological polar surface area (TPSA) is 51.5 Å². The molecule has 36 heavy (non-hydrogen) atoms. The summed E-state index contributed by atoms with van der Waals surface area (Å²) < 4.78 is 35.0. The van der Waals surface area contributed by atoms with Gasteiger partial charge in [0.2, 0.25) is 0 Å². The van der Waals surface area contributed by atoms with E-state index in [1.54, 1.807) is 35.4 Å². The van der Waals surface area contributed by atoms with Gasteiger partial charge < -0.3 is 14.2 Å². The first-order chi connectivity index (χ1) is 17.3. The van der Waals surface area contributed by atoms with Crippen LogP contribution in [0.3, 0.4) is 0 Å². The van der Waals surface area contributed by atoms with E-state index in [1.165, 1.54) is 24.3 Å². The second-order valence-corrected chi connectivity index (χ2v) is 9.76. The molecule has 1 spiro atoms. The maximum atomic E-state index is 13.7. The van der Waals surface area contributed by atoms with Crippen LogP contribution in [0.25, 0.3) is 10.9 Å². The smallest absolute Gasteiger partial charge is 0.339 e. The van der Waals surface area contributed by atoms with Crippen LogP contribution >= 0.6 is 11.6 Å². The monoisotopic (exact) mass is 506 g/mol. The summed E-state index contributed by atoms with van der Waals surface area (Å²) in [5, 5.41) is 1.30. The van der Waals surface area contributed by atoms with Gasteiger partial charge in [-0.15, -0.1) is 0 Å². The fourth-order valence-corrected chi connectivity index (χ4v) is 5.55. The first-order valence-electron chi connectivity index (χ1n) is 11.7. The summed E-state index contributed by atoms with van der Waals surface area (Å²) in [6.45, 7) is 1.15. The number of ether oxygens (including phenoxy) is 1. The summed E-state index contributed by atoms with van der Waals surface area (Å²) in [5.74, 6) is -1.47. The fourth-order valence-electron chi connectivity index (χ4n) is 5.38. The summed E-state index contributed by atoms with van der Waals surface area (Å²) in [7, 11) is 0. The minimum atomic E-state index is -0.837. The van der Waals surface area contributed by atoms with Crippen LogP contribution in [0.15, 0.2) is 66.9 Å². The number of benzene rings is 3. The van der Waals surface area contributed by atoms with Crippen molar-refractivity contribution in [3.05, 3.63) is 106 Å². The van der Waals surface area contributed by atoms with E-state index in [4.69, 9.17) is 16.3 Å². The highest BCUT2D eigenvalue weighted by Gasteiger charge is 2.48. The van der Waals surface area contributed by atoms with Crippen molar-refractivity contribution in [2.24, 2.45) is 0 Å². The summed E-state index contributed by atoms with van der Waals surface area (Å²) in [6.07, 6.45) is 2.64. The average molecular weight is 507 g/mol. The molecule has 8 heteroatoms. The van der Waals surface area contributed by atoms with Crippen molar-refractivity contribution < 1.29 is 23.1 Å². The SMILES string of the molecule is O=C1OC2(CCN(C(=O)c3cn(Cc4cccc(F)c4)c4cc(Cl)ccc34)CC2)c2ccc(F)cc21. The number of aromatic nitrogens is 1. The Morgan fingerprint density at radius 3 is 2.56 bits per heavy atom. The summed E-state index contributed by atoms with van der Waals surface area (Å²) >= 11 is 6.25. The molecule has 1 saturated heterocycles. The van der Waals surface area contributed by atoms with Gasteiger partial charge in [-0.2, -0.15) is 0 Å². The Hall–Kier alpha value is -3.71. The van der Waals surface area contributed by atoms with Gasteiger partial charge in [0.15, 0.2) is 0 Å². The third-order valence-corrected chi connectivity index (χ3v) is 7.39. The van der Waals surface area contributed by atoms with Gasteiger partial charge in [0.05, 0.1) is 16.6 Å². The second kappa shape index (κ2) is 8.45. The third-order valence-electron chi connectivity index (χ3n) is 7.16. The number of hydrogen-bond acceptors (Lipinski definition) is 3. The van der Waals surface area contributed by atoms with Crippen molar-refractivity contribution >= 4 is 34.4 Å². The molecule has 0 aliphatic carbocycles. The van der Waals surface area contributed by atoms with Gasteiger partial charge in [-0.05, 0) is 42.0 Å². The number of halogens is 3. The number of nitrogens with zero attached hydrogens (tertiary/aromatic N) is 2. The largest absolute Gasteiger partial charge is 0.450 e. The molecule has 1 fully saturated rings. The molecule has 1 amide bonds. The third kappa shape index (κ3) is 3.75. The van der Waals surface area contributed by atoms with Crippen LogP contribution in [0.2, 0.25) is 5.02 Å². The van der Waals surface area contributed by atoms with Crippen LogP contribution in [0.1, 0.15) is 44.7 Å². The molecule has 0 N–H and O–H groups in total. The van der Waals surface area contributed by atoms with Gasteiger partial charge in [0.25, 0.3) is 5.91 Å². The van der Waals surface area contributed by atoms with Crippen LogP contribution < -0.4 is 0 Å². The molecule has 0 unspecified atom stereocenters. The van der Waals surface area contributed by atoms with E-state index in [-0.39, 0.29) is 17.3 Å². The van der Waals surface area contributed by atoms with E-state index < -0.39 is 17.4 Å². The summed E-state index contributed by atoms with van der Waals surface area (Å²) in [6, 6.07) is 15.9.